The van der Waals surface area contributed by atoms with Crippen LogP contribution in [-0.2, 0) is 23.8 Å². The second kappa shape index (κ2) is 6.65. The SMILES string of the molecule is CC(=O)OC[C@@H]1C2=C(C(=O)C[C@]3(C(C)C)OC(C)(C)O[C@H]23)[C@@]2(C)CCCC(C)(C)[C@H]12. The lowest BCUT2D eigenvalue weighted by atomic mass is 9.54. The van der Waals surface area contributed by atoms with Crippen LogP contribution >= 0.6 is 0 Å². The highest BCUT2D eigenvalue weighted by atomic mass is 16.8. The van der Waals surface area contributed by atoms with E-state index in [9.17, 15) is 9.59 Å². The van der Waals surface area contributed by atoms with Gasteiger partial charge in [0.2, 0.25) is 0 Å². The Morgan fingerprint density at radius 1 is 1.17 bits per heavy atom. The Labute approximate surface area is 180 Å². The van der Waals surface area contributed by atoms with Gasteiger partial charge in [-0.15, -0.1) is 0 Å². The van der Waals surface area contributed by atoms with Gasteiger partial charge >= 0.3 is 5.97 Å². The molecule has 5 nitrogen and oxygen atoms in total. The molecular weight excluding hydrogens is 380 g/mol. The number of esters is 1. The molecule has 4 rings (SSSR count). The van der Waals surface area contributed by atoms with E-state index in [1.54, 1.807) is 0 Å². The Balaban J connectivity index is 1.91. The van der Waals surface area contributed by atoms with Crippen LogP contribution in [0.4, 0.5) is 0 Å². The van der Waals surface area contributed by atoms with Gasteiger partial charge in [0.15, 0.2) is 11.6 Å². The molecule has 0 N–H and O–H groups in total. The van der Waals surface area contributed by atoms with Crippen molar-refractivity contribution in [2.75, 3.05) is 6.61 Å². The van der Waals surface area contributed by atoms with Crippen LogP contribution in [0.3, 0.4) is 0 Å². The largest absolute Gasteiger partial charge is 0.465 e. The fourth-order valence-electron chi connectivity index (χ4n) is 7.58. The van der Waals surface area contributed by atoms with E-state index in [-0.39, 0.29) is 46.4 Å². The first kappa shape index (κ1) is 22.0. The lowest BCUT2D eigenvalue weighted by Gasteiger charge is -2.50. The van der Waals surface area contributed by atoms with Crippen LogP contribution in [0, 0.1) is 28.6 Å². The van der Waals surface area contributed by atoms with Gasteiger partial charge in [0.05, 0.1) is 6.61 Å². The molecule has 30 heavy (non-hydrogen) atoms. The van der Waals surface area contributed by atoms with Crippen LogP contribution < -0.4 is 0 Å². The van der Waals surface area contributed by atoms with Gasteiger partial charge in [-0.1, -0.05) is 41.0 Å². The maximum absolute atomic E-state index is 13.8. The summed E-state index contributed by atoms with van der Waals surface area (Å²) in [5.74, 6) is -0.489. The summed E-state index contributed by atoms with van der Waals surface area (Å²) in [4.78, 5) is 25.6. The zero-order valence-electron chi connectivity index (χ0n) is 19.9. The Morgan fingerprint density at radius 3 is 2.43 bits per heavy atom. The second-order valence-electron chi connectivity index (χ2n) is 11.7. The monoisotopic (exact) mass is 418 g/mol. The summed E-state index contributed by atoms with van der Waals surface area (Å²) >= 11 is 0. The number of fused-ring (bicyclic) bond motifs is 4. The highest BCUT2D eigenvalue weighted by Crippen LogP contribution is 2.68. The average molecular weight is 419 g/mol. The minimum Gasteiger partial charge on any atom is -0.465 e. The van der Waals surface area contributed by atoms with Gasteiger partial charge in [-0.25, -0.2) is 0 Å². The number of ether oxygens (including phenoxy) is 3. The first-order chi connectivity index (χ1) is 13.8. The Morgan fingerprint density at radius 2 is 1.83 bits per heavy atom. The molecule has 168 valence electrons. The molecule has 0 aromatic heterocycles. The van der Waals surface area contributed by atoms with Gasteiger partial charge in [0.25, 0.3) is 0 Å². The second-order valence-corrected chi connectivity index (χ2v) is 11.7. The van der Waals surface area contributed by atoms with Gasteiger partial charge in [-0.05, 0) is 49.5 Å². The molecule has 4 aliphatic rings. The van der Waals surface area contributed by atoms with Crippen molar-refractivity contribution in [3.8, 4) is 0 Å². The molecule has 0 unspecified atom stereocenters. The van der Waals surface area contributed by atoms with Crippen molar-refractivity contribution in [1.82, 2.24) is 0 Å². The summed E-state index contributed by atoms with van der Waals surface area (Å²) in [5, 5.41) is 0. The van der Waals surface area contributed by atoms with E-state index in [1.807, 2.05) is 13.8 Å². The van der Waals surface area contributed by atoms with E-state index in [2.05, 4.69) is 34.6 Å². The molecule has 0 aromatic carbocycles. The quantitative estimate of drug-likeness (QED) is 0.615. The molecule has 0 spiro atoms. The van der Waals surface area contributed by atoms with E-state index >= 15 is 0 Å². The molecule has 3 aliphatic carbocycles. The first-order valence-corrected chi connectivity index (χ1v) is 11.5. The van der Waals surface area contributed by atoms with Crippen LogP contribution in [0.5, 0.6) is 0 Å². The topological polar surface area (TPSA) is 61.8 Å². The van der Waals surface area contributed by atoms with Crippen LogP contribution in [0.25, 0.3) is 0 Å². The van der Waals surface area contributed by atoms with E-state index in [0.717, 1.165) is 30.4 Å². The molecule has 0 radical (unpaired) electrons. The third-order valence-electron chi connectivity index (χ3n) is 8.43. The van der Waals surface area contributed by atoms with Crippen molar-refractivity contribution in [2.24, 2.45) is 28.6 Å². The van der Waals surface area contributed by atoms with Crippen molar-refractivity contribution in [1.29, 1.82) is 0 Å². The fourth-order valence-corrected chi connectivity index (χ4v) is 7.58. The molecule has 2 fully saturated rings. The zero-order chi connectivity index (χ0) is 22.3. The maximum Gasteiger partial charge on any atom is 0.302 e. The minimum atomic E-state index is -0.756. The van der Waals surface area contributed by atoms with Crippen molar-refractivity contribution in [3.63, 3.8) is 0 Å². The van der Waals surface area contributed by atoms with Gasteiger partial charge in [0, 0.05) is 30.3 Å². The lowest BCUT2D eigenvalue weighted by Crippen LogP contribution is -2.52. The molecular formula is C25H38O5. The van der Waals surface area contributed by atoms with E-state index in [4.69, 9.17) is 14.2 Å². The van der Waals surface area contributed by atoms with Crippen LogP contribution in [-0.4, -0.2) is 35.9 Å². The molecule has 1 saturated heterocycles. The van der Waals surface area contributed by atoms with Crippen LogP contribution in [0.2, 0.25) is 0 Å². The maximum atomic E-state index is 13.8. The molecule has 0 aromatic rings. The van der Waals surface area contributed by atoms with Crippen LogP contribution in [0.15, 0.2) is 11.1 Å². The Bertz CT molecular complexity index is 806. The van der Waals surface area contributed by atoms with Crippen molar-refractivity contribution in [2.45, 2.75) is 98.6 Å². The van der Waals surface area contributed by atoms with Gasteiger partial charge in [0.1, 0.15) is 11.7 Å². The number of hydrogen-bond acceptors (Lipinski definition) is 5. The number of ketones is 1. The van der Waals surface area contributed by atoms with Gasteiger partial charge in [-0.3, -0.25) is 9.59 Å². The van der Waals surface area contributed by atoms with E-state index in [0.29, 0.717) is 13.0 Å². The number of hydrogen-bond donors (Lipinski definition) is 0. The summed E-state index contributed by atoms with van der Waals surface area (Å²) in [5.41, 5.74) is 1.19. The predicted octanol–water partition coefficient (Wildman–Crippen LogP) is 4.83. The molecule has 1 heterocycles. The van der Waals surface area contributed by atoms with E-state index < -0.39 is 11.4 Å². The number of allylic oxidation sites excluding steroid dienone is 1. The summed E-state index contributed by atoms with van der Waals surface area (Å²) in [6, 6.07) is 0. The fraction of sp³-hybridized carbons (Fsp3) is 0.840. The van der Waals surface area contributed by atoms with Crippen molar-refractivity contribution < 1.29 is 23.8 Å². The van der Waals surface area contributed by atoms with Crippen molar-refractivity contribution in [3.05, 3.63) is 11.1 Å². The summed E-state index contributed by atoms with van der Waals surface area (Å²) in [6.07, 6.45) is 3.29. The third-order valence-corrected chi connectivity index (χ3v) is 8.43. The molecule has 5 atom stereocenters. The van der Waals surface area contributed by atoms with E-state index in [1.165, 1.54) is 6.92 Å². The van der Waals surface area contributed by atoms with Gasteiger partial charge < -0.3 is 14.2 Å². The normalized spacial score (nSPS) is 41.5. The molecule has 5 heteroatoms. The summed E-state index contributed by atoms with van der Waals surface area (Å²) in [6.45, 7) is 16.8. The highest BCUT2D eigenvalue weighted by Gasteiger charge is 2.68. The smallest absolute Gasteiger partial charge is 0.302 e. The summed E-state index contributed by atoms with van der Waals surface area (Å²) < 4.78 is 18.7. The predicted molar refractivity (Wildman–Crippen MR) is 114 cm³/mol. The first-order valence-electron chi connectivity index (χ1n) is 11.5. The highest BCUT2D eigenvalue weighted by molar-refractivity contribution is 6.00. The van der Waals surface area contributed by atoms with Gasteiger partial charge in [-0.2, -0.15) is 0 Å². The number of carbonyl (C=O) groups excluding carboxylic acids is 2. The number of Topliss-reactive ketones (excluding diaryl/α,β-unsaturated/α-hetero) is 1. The van der Waals surface area contributed by atoms with Crippen molar-refractivity contribution >= 4 is 11.8 Å². The van der Waals surface area contributed by atoms with Crippen LogP contribution in [0.1, 0.15) is 81.1 Å². The number of rotatable bonds is 3. The summed E-state index contributed by atoms with van der Waals surface area (Å²) in [7, 11) is 0. The molecule has 1 saturated carbocycles. The molecule has 0 amide bonds. The lowest BCUT2D eigenvalue weighted by molar-refractivity contribution is -0.173. The average Bonchev–Trinajstić information content (AvgIpc) is 3.02. The Kier molecular flexibility index (Phi) is 4.88. The molecule has 0 bridgehead atoms. The Hall–Kier alpha value is -1.20. The minimum absolute atomic E-state index is 0.0194. The third kappa shape index (κ3) is 2.95. The zero-order valence-corrected chi connectivity index (χ0v) is 19.9. The standard InChI is InChI=1S/C25H38O5/c1-14(2)25-12-17(27)19-18(21(25)29-23(6,7)30-25)16(13-28-15(3)26)20-22(4,5)10-9-11-24(19,20)8/h14,16,20-21H,9-13H2,1-8H3/t16-,20+,21-,24-,25-/m1/s1. The number of carbonyl (C=O) groups is 2. The molecule has 1 aliphatic heterocycles.